The summed E-state index contributed by atoms with van der Waals surface area (Å²) >= 11 is 6.44. The average Bonchev–Trinajstić information content (AvgIpc) is 2.96. The second-order valence-corrected chi connectivity index (χ2v) is 10.4. The van der Waals surface area contributed by atoms with E-state index in [1.165, 1.54) is 0 Å². The number of hydrogen-bond donors (Lipinski definition) is 2. The van der Waals surface area contributed by atoms with Gasteiger partial charge in [0.15, 0.2) is 0 Å². The van der Waals surface area contributed by atoms with Crippen LogP contribution in [0, 0.1) is 23.0 Å². The Bertz CT molecular complexity index is 1720. The fraction of sp³-hybridized carbons (Fsp3) is 0.226. The van der Waals surface area contributed by atoms with E-state index in [0.29, 0.717) is 57.9 Å². The van der Waals surface area contributed by atoms with Crippen LogP contribution in [0.3, 0.4) is 0 Å². The Kier molecular flexibility index (Phi) is 8.34. The summed E-state index contributed by atoms with van der Waals surface area (Å²) in [5.41, 5.74) is 2.18. The first-order valence-electron chi connectivity index (χ1n) is 13.1. The van der Waals surface area contributed by atoms with Crippen LogP contribution >= 0.6 is 11.6 Å². The summed E-state index contributed by atoms with van der Waals surface area (Å²) in [6.07, 6.45) is 1.28. The number of carboxylic acids is 1. The van der Waals surface area contributed by atoms with Gasteiger partial charge in [0.05, 0.1) is 29.9 Å². The molecule has 1 fully saturated rings. The highest BCUT2D eigenvalue weighted by atomic mass is 35.5. The van der Waals surface area contributed by atoms with E-state index in [0.717, 1.165) is 12.1 Å². The molecule has 0 spiro atoms. The number of ether oxygens (including phenoxy) is 1. The zero-order valence-electron chi connectivity index (χ0n) is 22.4. The van der Waals surface area contributed by atoms with E-state index in [4.69, 9.17) is 21.6 Å². The van der Waals surface area contributed by atoms with Crippen molar-refractivity contribution in [2.75, 3.05) is 24.6 Å². The summed E-state index contributed by atoms with van der Waals surface area (Å²) in [5.74, 6) is -4.74. The van der Waals surface area contributed by atoms with Gasteiger partial charge in [0.25, 0.3) is 5.91 Å². The third kappa shape index (κ3) is 5.88. The molecule has 1 aliphatic rings. The molecule has 1 aromatic heterocycles. The van der Waals surface area contributed by atoms with Crippen molar-refractivity contribution < 1.29 is 28.2 Å². The van der Waals surface area contributed by atoms with E-state index >= 15 is 8.78 Å². The molecule has 2 N–H and O–H groups in total. The van der Waals surface area contributed by atoms with Gasteiger partial charge in [0, 0.05) is 52.9 Å². The molecule has 0 aliphatic carbocycles. The first-order chi connectivity index (χ1) is 20.2. The summed E-state index contributed by atoms with van der Waals surface area (Å²) in [7, 11) is 0. The number of aromatic nitrogens is 1. The van der Waals surface area contributed by atoms with Crippen LogP contribution in [0.1, 0.15) is 28.4 Å². The number of aliphatic carboxylic acids is 1. The van der Waals surface area contributed by atoms with Crippen molar-refractivity contribution >= 4 is 40.1 Å². The van der Waals surface area contributed by atoms with E-state index in [2.05, 4.69) is 10.3 Å². The maximum Gasteiger partial charge on any atom is 0.326 e. The lowest BCUT2D eigenvalue weighted by molar-refractivity contribution is -0.139. The smallest absolute Gasteiger partial charge is 0.326 e. The van der Waals surface area contributed by atoms with Gasteiger partial charge in [0.2, 0.25) is 0 Å². The Morgan fingerprint density at radius 1 is 1.19 bits per heavy atom. The summed E-state index contributed by atoms with van der Waals surface area (Å²) in [6.45, 7) is 3.12. The fourth-order valence-corrected chi connectivity index (χ4v) is 5.38. The first-order valence-corrected chi connectivity index (χ1v) is 13.5. The number of halogens is 3. The molecule has 11 heteroatoms. The lowest BCUT2D eigenvalue weighted by atomic mass is 9.94. The average molecular weight is 591 g/mol. The van der Waals surface area contributed by atoms with E-state index in [-0.39, 0.29) is 18.2 Å². The molecule has 0 saturated carbocycles. The number of hydrogen-bond acceptors (Lipinski definition) is 6. The largest absolute Gasteiger partial charge is 0.480 e. The van der Waals surface area contributed by atoms with Gasteiger partial charge in [-0.1, -0.05) is 35.9 Å². The Balaban J connectivity index is 1.42. The number of carbonyl (C=O) groups excluding carboxylic acids is 1. The Morgan fingerprint density at radius 3 is 2.60 bits per heavy atom. The van der Waals surface area contributed by atoms with E-state index in [9.17, 15) is 14.7 Å². The SMILES string of the molecule is C[C@@H]1CN(c2cc(F)c(C(=O)N[C@@H](Cc3ccc(-c4ccc(C#N)cc4Cl)c4ncccc34)C(=O)O)c(F)c2)CCO1. The maximum absolute atomic E-state index is 15.0. The minimum Gasteiger partial charge on any atom is -0.480 e. The fourth-order valence-electron chi connectivity index (χ4n) is 5.09. The van der Waals surface area contributed by atoms with Crippen LogP contribution in [-0.2, 0) is 16.0 Å². The lowest BCUT2D eigenvalue weighted by Gasteiger charge is -2.33. The second kappa shape index (κ2) is 12.1. The molecule has 1 aliphatic heterocycles. The quantitative estimate of drug-likeness (QED) is 0.298. The molecule has 3 aromatic carbocycles. The van der Waals surface area contributed by atoms with Gasteiger partial charge >= 0.3 is 5.97 Å². The van der Waals surface area contributed by atoms with Crippen LogP contribution in [-0.4, -0.2) is 53.8 Å². The minimum absolute atomic E-state index is 0.120. The molecule has 2 atom stereocenters. The van der Waals surface area contributed by atoms with Crippen LogP contribution in [0.15, 0.2) is 60.8 Å². The van der Waals surface area contributed by atoms with Crippen LogP contribution in [0.2, 0.25) is 5.02 Å². The molecule has 0 radical (unpaired) electrons. The lowest BCUT2D eigenvalue weighted by Crippen LogP contribution is -2.43. The number of amides is 1. The number of fused-ring (bicyclic) bond motifs is 1. The normalized spacial score (nSPS) is 15.7. The summed E-state index contributed by atoms with van der Waals surface area (Å²) in [6, 6.07) is 14.4. The van der Waals surface area contributed by atoms with Gasteiger partial charge in [-0.15, -0.1) is 0 Å². The predicted octanol–water partition coefficient (Wildman–Crippen LogP) is 5.36. The molecule has 5 rings (SSSR count). The molecular weight excluding hydrogens is 566 g/mol. The number of nitrogens with one attached hydrogen (secondary N) is 1. The van der Waals surface area contributed by atoms with Crippen molar-refractivity contribution in [3.8, 4) is 17.2 Å². The monoisotopic (exact) mass is 590 g/mol. The van der Waals surface area contributed by atoms with Gasteiger partial charge in [-0.25, -0.2) is 13.6 Å². The number of nitrogens with zero attached hydrogens (tertiary/aromatic N) is 3. The molecule has 4 aromatic rings. The zero-order valence-corrected chi connectivity index (χ0v) is 23.2. The molecule has 8 nitrogen and oxygen atoms in total. The Morgan fingerprint density at radius 2 is 1.93 bits per heavy atom. The van der Waals surface area contributed by atoms with Crippen LogP contribution in [0.4, 0.5) is 14.5 Å². The maximum atomic E-state index is 15.0. The van der Waals surface area contributed by atoms with Gasteiger partial charge in [-0.05, 0) is 42.8 Å². The summed E-state index contributed by atoms with van der Waals surface area (Å²) in [4.78, 5) is 31.4. The highest BCUT2D eigenvalue weighted by molar-refractivity contribution is 6.33. The van der Waals surface area contributed by atoms with Crippen molar-refractivity contribution in [2.24, 2.45) is 0 Å². The molecule has 0 bridgehead atoms. The van der Waals surface area contributed by atoms with E-state index in [1.54, 1.807) is 53.6 Å². The zero-order chi connectivity index (χ0) is 30.0. The third-order valence-electron chi connectivity index (χ3n) is 7.14. The van der Waals surface area contributed by atoms with Gasteiger partial charge in [-0.3, -0.25) is 9.78 Å². The van der Waals surface area contributed by atoms with Crippen LogP contribution in [0.5, 0.6) is 0 Å². The molecule has 1 saturated heterocycles. The minimum atomic E-state index is -1.50. The van der Waals surface area contributed by atoms with Gasteiger partial charge in [-0.2, -0.15) is 5.26 Å². The highest BCUT2D eigenvalue weighted by Gasteiger charge is 2.28. The number of pyridine rings is 1. The Labute approximate surface area is 245 Å². The molecule has 42 heavy (non-hydrogen) atoms. The molecular formula is C31H25ClF2N4O4. The topological polar surface area (TPSA) is 116 Å². The number of carbonyl (C=O) groups is 2. The van der Waals surface area contributed by atoms with Crippen LogP contribution < -0.4 is 10.2 Å². The standard InChI is InChI=1S/C31H25ClF2N4O4/c1-17-16-38(9-10-42-17)20-13-25(33)28(26(34)14-20)30(39)37-27(31(40)41)12-19-5-7-23(29-21(19)3-2-8-36-29)22-6-4-18(15-35)11-24(22)32/h2-8,11,13-14,17,27H,9-10,12,16H2,1H3,(H,37,39)(H,40,41)/t17-,27+/m1/s1. The third-order valence-corrected chi connectivity index (χ3v) is 7.45. The molecule has 214 valence electrons. The molecule has 0 unspecified atom stereocenters. The van der Waals surface area contributed by atoms with Crippen LogP contribution in [0.25, 0.3) is 22.0 Å². The van der Waals surface area contributed by atoms with Crippen molar-refractivity contribution in [1.82, 2.24) is 10.3 Å². The van der Waals surface area contributed by atoms with Crippen molar-refractivity contribution in [3.63, 3.8) is 0 Å². The van der Waals surface area contributed by atoms with Crippen molar-refractivity contribution in [1.29, 1.82) is 5.26 Å². The van der Waals surface area contributed by atoms with Gasteiger partial charge < -0.3 is 20.1 Å². The predicted molar refractivity (Wildman–Crippen MR) is 153 cm³/mol. The number of carboxylic acid groups (broad SMARTS) is 1. The Hall–Kier alpha value is -4.59. The van der Waals surface area contributed by atoms with Gasteiger partial charge in [0.1, 0.15) is 23.2 Å². The van der Waals surface area contributed by atoms with E-state index < -0.39 is 35.1 Å². The number of morpholine rings is 1. The molecule has 1 amide bonds. The highest BCUT2D eigenvalue weighted by Crippen LogP contribution is 2.35. The van der Waals surface area contributed by atoms with E-state index in [1.807, 2.05) is 13.0 Å². The number of benzene rings is 3. The number of nitriles is 1. The van der Waals surface area contributed by atoms with Crippen molar-refractivity contribution in [2.45, 2.75) is 25.5 Å². The molecule has 2 heterocycles. The second-order valence-electron chi connectivity index (χ2n) is 9.96. The van der Waals surface area contributed by atoms with Crippen molar-refractivity contribution in [3.05, 3.63) is 94.1 Å². The summed E-state index contributed by atoms with van der Waals surface area (Å²) in [5, 5.41) is 22.3. The first kappa shape index (κ1) is 28.9. The number of rotatable bonds is 7. The number of anilines is 1. The summed E-state index contributed by atoms with van der Waals surface area (Å²) < 4.78 is 35.6.